The molecule has 0 spiro atoms. The molecule has 3 rings (SSSR count). The van der Waals surface area contributed by atoms with Crippen molar-refractivity contribution in [1.29, 1.82) is 0 Å². The van der Waals surface area contributed by atoms with E-state index in [9.17, 15) is 10.2 Å². The van der Waals surface area contributed by atoms with Crippen molar-refractivity contribution in [2.45, 2.75) is 13.5 Å². The number of piperazine rings is 1. The van der Waals surface area contributed by atoms with Gasteiger partial charge < -0.3 is 15.1 Å². The van der Waals surface area contributed by atoms with E-state index in [0.29, 0.717) is 5.56 Å². The van der Waals surface area contributed by atoms with Crippen molar-refractivity contribution in [2.24, 2.45) is 5.10 Å². The number of aromatic hydroxyl groups is 2. The highest BCUT2D eigenvalue weighted by atomic mass is 16.3. The first kappa shape index (κ1) is 16.3. The number of hydrogen-bond donors (Lipinski definition) is 3. The Morgan fingerprint density at radius 3 is 2.46 bits per heavy atom. The molecule has 0 saturated carbocycles. The zero-order valence-electron chi connectivity index (χ0n) is 13.9. The van der Waals surface area contributed by atoms with Gasteiger partial charge in [0.1, 0.15) is 18.0 Å². The maximum Gasteiger partial charge on any atom is 0.128 e. The third-order valence-corrected chi connectivity index (χ3v) is 4.40. The Bertz CT molecular complexity index is 705. The number of quaternary nitrogens is 1. The van der Waals surface area contributed by atoms with E-state index in [1.807, 2.05) is 5.01 Å². The van der Waals surface area contributed by atoms with Gasteiger partial charge in [0.25, 0.3) is 0 Å². The second kappa shape index (κ2) is 7.36. The maximum absolute atomic E-state index is 9.77. The van der Waals surface area contributed by atoms with Gasteiger partial charge in [0.2, 0.25) is 0 Å². The summed E-state index contributed by atoms with van der Waals surface area (Å²) in [6, 6.07) is 13.3. The van der Waals surface area contributed by atoms with Gasteiger partial charge in [-0.1, -0.05) is 29.8 Å². The number of hydrogen-bond acceptors (Lipinski definition) is 4. The highest BCUT2D eigenvalue weighted by Crippen LogP contribution is 2.20. The molecule has 0 atom stereocenters. The highest BCUT2D eigenvalue weighted by Gasteiger charge is 2.18. The number of aryl methyl sites for hydroxylation is 1. The molecule has 0 amide bonds. The van der Waals surface area contributed by atoms with E-state index in [1.165, 1.54) is 17.2 Å². The third kappa shape index (κ3) is 4.26. The first-order chi connectivity index (χ1) is 11.6. The Balaban J connectivity index is 1.51. The lowest BCUT2D eigenvalue weighted by atomic mass is 10.1. The van der Waals surface area contributed by atoms with E-state index >= 15 is 0 Å². The van der Waals surface area contributed by atoms with Gasteiger partial charge in [-0.3, -0.25) is 5.01 Å². The lowest BCUT2D eigenvalue weighted by molar-refractivity contribution is -0.918. The summed E-state index contributed by atoms with van der Waals surface area (Å²) in [5.74, 6) is 0.0975. The molecular formula is C19H24N3O2+. The fourth-order valence-corrected chi connectivity index (χ4v) is 2.88. The second-order valence-electron chi connectivity index (χ2n) is 6.35. The van der Waals surface area contributed by atoms with Gasteiger partial charge in [-0.25, -0.2) is 0 Å². The number of benzene rings is 2. The molecular weight excluding hydrogens is 302 g/mol. The van der Waals surface area contributed by atoms with E-state index in [1.54, 1.807) is 23.2 Å². The van der Waals surface area contributed by atoms with Crippen LogP contribution in [0.4, 0.5) is 0 Å². The summed E-state index contributed by atoms with van der Waals surface area (Å²) in [6.07, 6.45) is 1.65. The van der Waals surface area contributed by atoms with E-state index in [-0.39, 0.29) is 11.5 Å². The topological polar surface area (TPSA) is 60.5 Å². The van der Waals surface area contributed by atoms with Crippen LogP contribution < -0.4 is 4.90 Å². The average Bonchev–Trinajstić information content (AvgIpc) is 2.57. The molecule has 1 saturated heterocycles. The van der Waals surface area contributed by atoms with Gasteiger partial charge in [0, 0.05) is 17.2 Å². The molecule has 1 aliphatic rings. The third-order valence-electron chi connectivity index (χ3n) is 4.40. The fourth-order valence-electron chi connectivity index (χ4n) is 2.88. The standard InChI is InChI=1S/C19H23N3O2/c1-15-2-4-16(5-3-15)14-21-8-10-22(11-9-21)20-13-17-6-7-18(23)12-19(17)24/h2-7,12-13,23-24H,8-11,14H2,1H3/p+1. The minimum Gasteiger partial charge on any atom is -0.508 e. The molecule has 5 heteroatoms. The molecule has 3 N–H and O–H groups in total. The van der Waals surface area contributed by atoms with Crippen LogP contribution in [0.25, 0.3) is 0 Å². The minimum atomic E-state index is 0.0439. The summed E-state index contributed by atoms with van der Waals surface area (Å²) < 4.78 is 0. The van der Waals surface area contributed by atoms with E-state index < -0.39 is 0 Å². The first-order valence-electron chi connectivity index (χ1n) is 8.30. The molecule has 0 aromatic heterocycles. The predicted octanol–water partition coefficient (Wildman–Crippen LogP) is 1.14. The quantitative estimate of drug-likeness (QED) is 0.739. The molecule has 5 nitrogen and oxygen atoms in total. The molecule has 1 fully saturated rings. The fraction of sp³-hybridized carbons (Fsp3) is 0.316. The van der Waals surface area contributed by atoms with Crippen LogP contribution in [0.5, 0.6) is 11.5 Å². The molecule has 1 heterocycles. The number of nitrogens with zero attached hydrogens (tertiary/aromatic N) is 2. The van der Waals surface area contributed by atoms with E-state index in [4.69, 9.17) is 0 Å². The average molecular weight is 326 g/mol. The minimum absolute atomic E-state index is 0.0439. The maximum atomic E-state index is 9.77. The van der Waals surface area contributed by atoms with Gasteiger partial charge in [0.15, 0.2) is 0 Å². The Morgan fingerprint density at radius 2 is 1.79 bits per heavy atom. The molecule has 2 aromatic carbocycles. The molecule has 0 bridgehead atoms. The van der Waals surface area contributed by atoms with Crippen LogP contribution in [0, 0.1) is 6.92 Å². The van der Waals surface area contributed by atoms with Crippen molar-refractivity contribution < 1.29 is 15.1 Å². The predicted molar refractivity (Wildman–Crippen MR) is 94.5 cm³/mol. The molecule has 0 aliphatic carbocycles. The Hall–Kier alpha value is -2.53. The van der Waals surface area contributed by atoms with Crippen molar-refractivity contribution in [3.8, 4) is 11.5 Å². The summed E-state index contributed by atoms with van der Waals surface area (Å²) in [5, 5.41) is 25.6. The van der Waals surface area contributed by atoms with E-state index in [2.05, 4.69) is 36.3 Å². The number of hydrazone groups is 1. The highest BCUT2D eigenvalue weighted by molar-refractivity contribution is 5.83. The zero-order valence-corrected chi connectivity index (χ0v) is 13.9. The van der Waals surface area contributed by atoms with Crippen molar-refractivity contribution >= 4 is 6.21 Å². The van der Waals surface area contributed by atoms with Crippen molar-refractivity contribution in [1.82, 2.24) is 5.01 Å². The number of nitrogens with one attached hydrogen (secondary N) is 1. The van der Waals surface area contributed by atoms with Gasteiger partial charge in [0.05, 0.1) is 32.4 Å². The van der Waals surface area contributed by atoms with Crippen LogP contribution in [0.15, 0.2) is 47.6 Å². The van der Waals surface area contributed by atoms with Crippen LogP contribution in [0.2, 0.25) is 0 Å². The SMILES string of the molecule is Cc1ccc(C[NH+]2CCN(N=Cc3ccc(O)cc3O)CC2)cc1. The molecule has 0 radical (unpaired) electrons. The molecule has 126 valence electrons. The van der Waals surface area contributed by atoms with Crippen LogP contribution in [-0.4, -0.2) is 47.6 Å². The largest absolute Gasteiger partial charge is 0.508 e. The van der Waals surface area contributed by atoms with Crippen LogP contribution >= 0.6 is 0 Å². The first-order valence-corrected chi connectivity index (χ1v) is 8.30. The van der Waals surface area contributed by atoms with Crippen molar-refractivity contribution in [2.75, 3.05) is 26.2 Å². The summed E-state index contributed by atoms with van der Waals surface area (Å²) in [6.45, 7) is 7.06. The van der Waals surface area contributed by atoms with Crippen molar-refractivity contribution in [3.05, 3.63) is 59.2 Å². The lowest BCUT2D eigenvalue weighted by Gasteiger charge is -2.30. The Morgan fingerprint density at radius 1 is 1.08 bits per heavy atom. The molecule has 1 aliphatic heterocycles. The van der Waals surface area contributed by atoms with Crippen molar-refractivity contribution in [3.63, 3.8) is 0 Å². The Labute approximate surface area is 142 Å². The second-order valence-corrected chi connectivity index (χ2v) is 6.35. The summed E-state index contributed by atoms with van der Waals surface area (Å²) in [7, 11) is 0. The lowest BCUT2D eigenvalue weighted by Crippen LogP contribution is -3.13. The molecule has 24 heavy (non-hydrogen) atoms. The van der Waals surface area contributed by atoms with Crippen LogP contribution in [0.1, 0.15) is 16.7 Å². The number of phenols is 2. The van der Waals surface area contributed by atoms with E-state index in [0.717, 1.165) is 32.7 Å². The Kier molecular flexibility index (Phi) is 5.01. The summed E-state index contributed by atoms with van der Waals surface area (Å²) >= 11 is 0. The zero-order chi connectivity index (χ0) is 16.9. The van der Waals surface area contributed by atoms with Gasteiger partial charge in [-0.2, -0.15) is 5.10 Å². The summed E-state index contributed by atoms with van der Waals surface area (Å²) in [4.78, 5) is 1.57. The van der Waals surface area contributed by atoms with Gasteiger partial charge >= 0.3 is 0 Å². The number of phenolic OH excluding ortho intramolecular Hbond substituents is 2. The smallest absolute Gasteiger partial charge is 0.128 e. The normalized spacial score (nSPS) is 16.0. The summed E-state index contributed by atoms with van der Waals surface area (Å²) in [5.41, 5.74) is 3.29. The van der Waals surface area contributed by atoms with Gasteiger partial charge in [-0.05, 0) is 19.1 Å². The molecule has 0 unspecified atom stereocenters. The monoisotopic (exact) mass is 326 g/mol. The van der Waals surface area contributed by atoms with Gasteiger partial charge in [-0.15, -0.1) is 0 Å². The van der Waals surface area contributed by atoms with Crippen LogP contribution in [-0.2, 0) is 6.54 Å². The number of rotatable bonds is 4. The molecule has 2 aromatic rings. The van der Waals surface area contributed by atoms with Crippen LogP contribution in [0.3, 0.4) is 0 Å².